The normalized spacial score (nSPS) is 8.45. The van der Waals surface area contributed by atoms with Crippen molar-refractivity contribution in [1.82, 2.24) is 0 Å². The Balaban J connectivity index is 2.73. The van der Waals surface area contributed by atoms with Crippen LogP contribution in [0.15, 0.2) is 30.5 Å². The monoisotopic (exact) mass is 167 g/mol. The first-order valence-electron chi connectivity index (χ1n) is 3.04. The second-order valence-corrected chi connectivity index (χ2v) is 2.35. The second kappa shape index (κ2) is 3.81. The fourth-order valence-electron chi connectivity index (χ4n) is 0.659. The molecule has 0 spiro atoms. The molecule has 0 aliphatic rings. The lowest BCUT2D eigenvalue weighted by Gasteiger charge is -1.96. The van der Waals surface area contributed by atoms with Gasteiger partial charge in [0.15, 0.2) is 0 Å². The summed E-state index contributed by atoms with van der Waals surface area (Å²) < 4.78 is 0. The van der Waals surface area contributed by atoms with Gasteiger partial charge in [-0.3, -0.25) is 0 Å². The molecule has 0 aromatic heterocycles. The van der Waals surface area contributed by atoms with E-state index in [0.717, 1.165) is 5.69 Å². The van der Waals surface area contributed by atoms with E-state index < -0.39 is 0 Å². The lowest BCUT2D eigenvalue weighted by atomic mass is 10.3. The molecule has 56 valence electrons. The van der Waals surface area contributed by atoms with Crippen LogP contribution in [-0.2, 0) is 4.79 Å². The fourth-order valence-corrected chi connectivity index (χ4v) is 0.785. The number of halogens is 1. The van der Waals surface area contributed by atoms with Crippen molar-refractivity contribution in [2.24, 2.45) is 0 Å². The van der Waals surface area contributed by atoms with Gasteiger partial charge in [-0.15, -0.1) is 0 Å². The zero-order valence-corrected chi connectivity index (χ0v) is 6.43. The van der Waals surface area contributed by atoms with E-state index in [2.05, 4.69) is 5.32 Å². The molecule has 0 heterocycles. The largest absolute Gasteiger partial charge is 0.352 e. The minimum Gasteiger partial charge on any atom is -0.352 e. The molecule has 2 nitrogen and oxygen atoms in total. The maximum Gasteiger partial charge on any atom is 0.142 e. The minimum absolute atomic E-state index is 0.672. The molecule has 0 atom stereocenters. The van der Waals surface area contributed by atoms with Crippen molar-refractivity contribution >= 4 is 23.2 Å². The summed E-state index contributed by atoms with van der Waals surface area (Å²) in [6.07, 6.45) is 1.20. The van der Waals surface area contributed by atoms with E-state index in [1.807, 2.05) is 0 Å². The topological polar surface area (TPSA) is 29.1 Å². The summed E-state index contributed by atoms with van der Waals surface area (Å²) in [6.45, 7) is 0. The van der Waals surface area contributed by atoms with Gasteiger partial charge in [0, 0.05) is 10.7 Å². The van der Waals surface area contributed by atoms with Gasteiger partial charge in [0.25, 0.3) is 0 Å². The standard InChI is InChI=1S/C8H6ClNO/c9-7-1-3-8(4-2-7)10-5-6-11/h1-5,10H. The van der Waals surface area contributed by atoms with E-state index >= 15 is 0 Å². The van der Waals surface area contributed by atoms with Gasteiger partial charge in [0.1, 0.15) is 5.94 Å². The average Bonchev–Trinajstić information content (AvgIpc) is 2.04. The van der Waals surface area contributed by atoms with Gasteiger partial charge in [-0.2, -0.15) is 0 Å². The van der Waals surface area contributed by atoms with E-state index in [0.29, 0.717) is 5.02 Å². The highest BCUT2D eigenvalue weighted by molar-refractivity contribution is 6.30. The number of nitrogens with one attached hydrogen (secondary N) is 1. The number of rotatable bonds is 2. The molecule has 0 saturated heterocycles. The highest BCUT2D eigenvalue weighted by Gasteiger charge is 1.87. The Bertz CT molecular complexity index is 275. The molecule has 0 amide bonds. The van der Waals surface area contributed by atoms with Gasteiger partial charge in [-0.1, -0.05) is 11.6 Å². The molecule has 11 heavy (non-hydrogen) atoms. The SMILES string of the molecule is O=C=CNc1ccc(Cl)cc1. The molecule has 0 aliphatic carbocycles. The summed E-state index contributed by atoms with van der Waals surface area (Å²) in [5, 5.41) is 3.39. The molecule has 1 aromatic rings. The van der Waals surface area contributed by atoms with Crippen LogP contribution in [-0.4, -0.2) is 5.94 Å². The zero-order chi connectivity index (χ0) is 8.10. The summed E-state index contributed by atoms with van der Waals surface area (Å²) in [5.41, 5.74) is 0.817. The first-order valence-corrected chi connectivity index (χ1v) is 3.42. The van der Waals surface area contributed by atoms with Crippen LogP contribution in [0.5, 0.6) is 0 Å². The van der Waals surface area contributed by atoms with Crippen molar-refractivity contribution in [2.45, 2.75) is 0 Å². The molecule has 3 heteroatoms. The zero-order valence-electron chi connectivity index (χ0n) is 5.67. The predicted molar refractivity (Wildman–Crippen MR) is 45.3 cm³/mol. The maximum absolute atomic E-state index is 9.78. The number of benzene rings is 1. The van der Waals surface area contributed by atoms with E-state index in [-0.39, 0.29) is 0 Å². The molecule has 0 unspecified atom stereocenters. The van der Waals surface area contributed by atoms with Crippen molar-refractivity contribution in [2.75, 3.05) is 5.32 Å². The van der Waals surface area contributed by atoms with Crippen LogP contribution < -0.4 is 5.32 Å². The smallest absolute Gasteiger partial charge is 0.142 e. The van der Waals surface area contributed by atoms with Gasteiger partial charge in [0.05, 0.1) is 6.20 Å². The fraction of sp³-hybridized carbons (Fsp3) is 0. The van der Waals surface area contributed by atoms with Crippen molar-refractivity contribution < 1.29 is 4.79 Å². The maximum atomic E-state index is 9.78. The van der Waals surface area contributed by atoms with Gasteiger partial charge >= 0.3 is 0 Å². The van der Waals surface area contributed by atoms with Crippen LogP contribution in [0.2, 0.25) is 5.02 Å². The van der Waals surface area contributed by atoms with Gasteiger partial charge in [0.2, 0.25) is 0 Å². The third-order valence-corrected chi connectivity index (χ3v) is 1.39. The molecule has 1 rings (SSSR count). The third kappa shape index (κ3) is 2.46. The Hall–Kier alpha value is -1.24. The number of anilines is 1. The van der Waals surface area contributed by atoms with E-state index in [1.54, 1.807) is 30.2 Å². The summed E-state index contributed by atoms with van der Waals surface area (Å²) in [4.78, 5) is 9.78. The summed E-state index contributed by atoms with van der Waals surface area (Å²) in [5.74, 6) is 1.61. The van der Waals surface area contributed by atoms with Gasteiger partial charge < -0.3 is 5.32 Å². The molecule has 1 aromatic carbocycles. The van der Waals surface area contributed by atoms with Crippen molar-refractivity contribution in [1.29, 1.82) is 0 Å². The molecule has 0 fully saturated rings. The molecule has 0 radical (unpaired) electrons. The molecule has 0 aliphatic heterocycles. The van der Waals surface area contributed by atoms with Crippen LogP contribution in [0.25, 0.3) is 0 Å². The highest BCUT2D eigenvalue weighted by atomic mass is 35.5. The number of hydrogen-bond acceptors (Lipinski definition) is 2. The number of carbonyl (C=O) groups excluding carboxylic acids is 1. The van der Waals surface area contributed by atoms with Crippen LogP contribution in [0.3, 0.4) is 0 Å². The Labute approximate surface area is 69.5 Å². The molecule has 0 bridgehead atoms. The van der Waals surface area contributed by atoms with Crippen LogP contribution in [0, 0.1) is 0 Å². The van der Waals surface area contributed by atoms with Crippen LogP contribution >= 0.6 is 11.6 Å². The predicted octanol–water partition coefficient (Wildman–Crippen LogP) is 2.10. The number of hydrogen-bond donors (Lipinski definition) is 1. The molecular formula is C8H6ClNO. The van der Waals surface area contributed by atoms with Crippen molar-refractivity contribution in [3.05, 3.63) is 35.5 Å². The third-order valence-electron chi connectivity index (χ3n) is 1.14. The Kier molecular flexibility index (Phi) is 2.73. The molecule has 0 saturated carbocycles. The van der Waals surface area contributed by atoms with Crippen LogP contribution in [0.1, 0.15) is 0 Å². The first kappa shape index (κ1) is 7.86. The van der Waals surface area contributed by atoms with Gasteiger partial charge in [-0.25, -0.2) is 4.79 Å². The highest BCUT2D eigenvalue weighted by Crippen LogP contribution is 2.12. The average molecular weight is 168 g/mol. The Morgan fingerprint density at radius 3 is 2.55 bits per heavy atom. The summed E-state index contributed by atoms with van der Waals surface area (Å²) >= 11 is 5.63. The summed E-state index contributed by atoms with van der Waals surface area (Å²) in [7, 11) is 0. The molecule has 1 N–H and O–H groups in total. The quantitative estimate of drug-likeness (QED) is 0.684. The van der Waals surface area contributed by atoms with Crippen molar-refractivity contribution in [3.8, 4) is 0 Å². The second-order valence-electron chi connectivity index (χ2n) is 1.91. The minimum atomic E-state index is 0.672. The summed E-state index contributed by atoms with van der Waals surface area (Å²) in [6, 6.07) is 7.03. The Morgan fingerprint density at radius 2 is 2.00 bits per heavy atom. The van der Waals surface area contributed by atoms with Crippen molar-refractivity contribution in [3.63, 3.8) is 0 Å². The molecular weight excluding hydrogens is 162 g/mol. The lowest BCUT2D eigenvalue weighted by molar-refractivity contribution is 0.569. The lowest BCUT2D eigenvalue weighted by Crippen LogP contribution is -1.85. The van der Waals surface area contributed by atoms with E-state index in [1.165, 1.54) is 6.20 Å². The van der Waals surface area contributed by atoms with E-state index in [4.69, 9.17) is 11.6 Å². The van der Waals surface area contributed by atoms with E-state index in [9.17, 15) is 4.79 Å². The Morgan fingerprint density at radius 1 is 1.36 bits per heavy atom. The first-order chi connectivity index (χ1) is 5.33. The van der Waals surface area contributed by atoms with Gasteiger partial charge in [-0.05, 0) is 24.3 Å². The van der Waals surface area contributed by atoms with Crippen LogP contribution in [0.4, 0.5) is 5.69 Å².